The molecule has 0 bridgehead atoms. The van der Waals surface area contributed by atoms with Gasteiger partial charge in [-0.25, -0.2) is 0 Å². The molecule has 0 aliphatic heterocycles. The van der Waals surface area contributed by atoms with Gasteiger partial charge in [-0.15, -0.1) is 12.6 Å². The van der Waals surface area contributed by atoms with Gasteiger partial charge in [-0.1, -0.05) is 59.6 Å². The van der Waals surface area contributed by atoms with Gasteiger partial charge in [0.25, 0.3) is 0 Å². The molecule has 15 heavy (non-hydrogen) atoms. The Labute approximate surface area is 108 Å². The average Bonchev–Trinajstić information content (AvgIpc) is 1.94. The first-order valence-electron chi connectivity index (χ1n) is 5.40. The molecule has 0 atom stereocenters. The van der Waals surface area contributed by atoms with E-state index in [2.05, 4.69) is 64.3 Å². The van der Waals surface area contributed by atoms with E-state index in [-0.39, 0.29) is 8.07 Å². The molecule has 1 nitrogen and oxygen atoms in total. The molecular formula is C10H24NPS2Si. The largest absolute Gasteiger partial charge is 0.364 e. The number of hydrogen-bond donors (Lipinski definition) is 1. The molecular weight excluding hydrogens is 257 g/mol. The second-order valence-electron chi connectivity index (χ2n) is 5.33. The zero-order chi connectivity index (χ0) is 12.4. The highest BCUT2D eigenvalue weighted by atomic mass is 32.1. The van der Waals surface area contributed by atoms with Crippen LogP contribution in [0.25, 0.3) is 0 Å². The number of hydrogen-bond acceptors (Lipinski definition) is 1. The Morgan fingerprint density at radius 2 is 1.47 bits per heavy atom. The molecule has 0 rings (SSSR count). The van der Waals surface area contributed by atoms with Gasteiger partial charge in [0, 0.05) is 0 Å². The van der Waals surface area contributed by atoms with E-state index in [1.807, 2.05) is 0 Å². The summed E-state index contributed by atoms with van der Waals surface area (Å²) in [5, 5.41) is 0. The number of thiol groups is 1. The minimum absolute atomic E-state index is 0.192. The van der Waals surface area contributed by atoms with E-state index in [1.165, 1.54) is 0 Å². The van der Waals surface area contributed by atoms with Crippen LogP contribution in [0.4, 0.5) is 0 Å². The van der Waals surface area contributed by atoms with Crippen LogP contribution >= 0.6 is 32.9 Å². The molecule has 0 aliphatic carbocycles. The predicted molar refractivity (Wildman–Crippen MR) is 84.0 cm³/mol. The van der Waals surface area contributed by atoms with E-state index < -0.39 is 8.24 Å². The Bertz CT molecular complexity index is 218. The Morgan fingerprint density at radius 3 is 1.53 bits per heavy atom. The molecule has 0 fully saturated rings. The van der Waals surface area contributed by atoms with Crippen LogP contribution in [0.3, 0.4) is 0 Å². The zero-order valence-corrected chi connectivity index (χ0v) is 14.5. The maximum atomic E-state index is 5.32. The van der Waals surface area contributed by atoms with Crippen LogP contribution in [0.1, 0.15) is 27.7 Å². The first kappa shape index (κ1) is 15.9. The van der Waals surface area contributed by atoms with Crippen LogP contribution in [-0.4, -0.2) is 28.2 Å². The van der Waals surface area contributed by atoms with E-state index in [0.29, 0.717) is 11.3 Å². The number of nitrogens with zero attached hydrogens (tertiary/aromatic N) is 1. The molecule has 0 radical (unpaired) electrons. The molecule has 0 saturated heterocycles. The Balaban J connectivity index is 5.12. The summed E-state index contributed by atoms with van der Waals surface area (Å²) >= 11 is 9.74. The van der Waals surface area contributed by atoms with Gasteiger partial charge in [-0.3, -0.25) is 0 Å². The number of thiocarbonyl (C=S) groups is 1. The van der Waals surface area contributed by atoms with E-state index in [1.54, 1.807) is 0 Å². The molecule has 0 aliphatic rings. The lowest BCUT2D eigenvalue weighted by Crippen LogP contribution is -2.46. The van der Waals surface area contributed by atoms with Crippen molar-refractivity contribution in [3.8, 4) is 0 Å². The molecule has 5 heteroatoms. The topological polar surface area (TPSA) is 3.24 Å². The molecule has 0 N–H and O–H groups in total. The summed E-state index contributed by atoms with van der Waals surface area (Å²) in [6.07, 6.45) is 0. The monoisotopic (exact) mass is 281 g/mol. The van der Waals surface area contributed by atoms with Gasteiger partial charge in [0.05, 0.1) is 0 Å². The Morgan fingerprint density at radius 1 is 1.13 bits per heavy atom. The summed E-state index contributed by atoms with van der Waals surface area (Å²) in [7, 11) is -1.59. The minimum Gasteiger partial charge on any atom is -0.364 e. The van der Waals surface area contributed by atoms with Gasteiger partial charge in [0.15, 0.2) is 8.24 Å². The van der Waals surface area contributed by atoms with Gasteiger partial charge >= 0.3 is 0 Å². The highest BCUT2D eigenvalue weighted by Gasteiger charge is 2.34. The Kier molecular flexibility index (Phi) is 6.35. The fourth-order valence-corrected chi connectivity index (χ4v) is 11.1. The van der Waals surface area contributed by atoms with Crippen molar-refractivity contribution >= 4 is 45.5 Å². The number of rotatable bonds is 4. The summed E-state index contributed by atoms with van der Waals surface area (Å²) in [5.74, 6) is 0. The molecule has 0 amide bonds. The first-order chi connectivity index (χ1) is 6.59. The van der Waals surface area contributed by atoms with Crippen LogP contribution in [0, 0.1) is 0 Å². The molecule has 90 valence electrons. The highest BCUT2D eigenvalue weighted by Crippen LogP contribution is 2.52. The van der Waals surface area contributed by atoms with Crippen molar-refractivity contribution in [1.29, 1.82) is 0 Å². The summed E-state index contributed by atoms with van der Waals surface area (Å²) in [5.41, 5.74) is 1.36. The van der Waals surface area contributed by atoms with E-state index in [4.69, 9.17) is 12.2 Å². The fraction of sp³-hybridized carbons (Fsp3) is 0.900. The van der Waals surface area contributed by atoms with Gasteiger partial charge in [-0.2, -0.15) is 0 Å². The lowest BCUT2D eigenvalue weighted by Gasteiger charge is -2.45. The third-order valence-electron chi connectivity index (χ3n) is 2.11. The zero-order valence-electron chi connectivity index (χ0n) is 10.9. The molecule has 0 aromatic rings. The average molecular weight is 282 g/mol. The summed E-state index contributed by atoms with van der Waals surface area (Å²) in [4.78, 5) is 0. The lowest BCUT2D eigenvalue weighted by molar-refractivity contribution is 0.894. The van der Waals surface area contributed by atoms with E-state index in [0.717, 1.165) is 4.32 Å². The second-order valence-corrected chi connectivity index (χ2v) is 14.8. The third kappa shape index (κ3) is 4.72. The van der Waals surface area contributed by atoms with E-state index >= 15 is 0 Å². The maximum Gasteiger partial charge on any atom is 0.153 e. The smallest absolute Gasteiger partial charge is 0.153 e. The van der Waals surface area contributed by atoms with Crippen molar-refractivity contribution in [3.05, 3.63) is 0 Å². The fourth-order valence-electron chi connectivity index (χ4n) is 1.79. The van der Waals surface area contributed by atoms with Crippen molar-refractivity contribution in [1.82, 2.24) is 4.34 Å². The quantitative estimate of drug-likeness (QED) is 0.348. The summed E-state index contributed by atoms with van der Waals surface area (Å²) in [6, 6.07) is 0. The van der Waals surface area contributed by atoms with Gasteiger partial charge in [-0.05, 0) is 19.4 Å². The Hall–Kier alpha value is 0.887. The molecule has 0 aromatic heterocycles. The molecule has 0 heterocycles. The van der Waals surface area contributed by atoms with Crippen LogP contribution < -0.4 is 0 Å². The normalized spacial score (nSPS) is 12.7. The molecule has 0 spiro atoms. The van der Waals surface area contributed by atoms with Crippen LogP contribution in [0.15, 0.2) is 0 Å². The van der Waals surface area contributed by atoms with Crippen LogP contribution in [0.2, 0.25) is 19.6 Å². The summed E-state index contributed by atoms with van der Waals surface area (Å²) < 4.78 is 3.26. The maximum absolute atomic E-state index is 5.32. The van der Waals surface area contributed by atoms with Crippen molar-refractivity contribution in [3.63, 3.8) is 0 Å². The lowest BCUT2D eigenvalue weighted by atomic mass is 10.5. The van der Waals surface area contributed by atoms with Gasteiger partial charge in [0.1, 0.15) is 4.32 Å². The van der Waals surface area contributed by atoms with Crippen molar-refractivity contribution < 1.29 is 0 Å². The van der Waals surface area contributed by atoms with Crippen LogP contribution in [0.5, 0.6) is 0 Å². The summed E-state index contributed by atoms with van der Waals surface area (Å²) in [6.45, 7) is 16.2. The highest BCUT2D eigenvalue weighted by molar-refractivity contribution is 8.11. The van der Waals surface area contributed by atoms with Crippen molar-refractivity contribution in [2.24, 2.45) is 0 Å². The third-order valence-corrected chi connectivity index (χ3v) is 9.90. The molecule has 0 aromatic carbocycles. The second kappa shape index (κ2) is 5.99. The van der Waals surface area contributed by atoms with Gasteiger partial charge in [0.2, 0.25) is 0 Å². The van der Waals surface area contributed by atoms with Crippen molar-refractivity contribution in [2.45, 2.75) is 58.7 Å². The first-order valence-corrected chi connectivity index (χ1v) is 11.1. The standard InChI is InChI=1S/C10H24NPS2Si/c1-8(2)12(9(3)4)11(10(13)14)15(5,6)7/h8-9H,1-7H3,(H,13,14). The molecule has 0 saturated carbocycles. The van der Waals surface area contributed by atoms with Crippen molar-refractivity contribution in [2.75, 3.05) is 0 Å². The van der Waals surface area contributed by atoms with E-state index in [9.17, 15) is 0 Å². The SMILES string of the molecule is CC(C)P(C(C)C)N(C(=S)S)[Si](C)(C)C. The molecule has 0 unspecified atom stereocenters. The predicted octanol–water partition coefficient (Wildman–Crippen LogP) is 4.55. The minimum atomic E-state index is -1.39. The van der Waals surface area contributed by atoms with Gasteiger partial charge < -0.3 is 4.34 Å². The van der Waals surface area contributed by atoms with Crippen LogP contribution in [-0.2, 0) is 0 Å².